The van der Waals surface area contributed by atoms with Gasteiger partial charge in [-0.25, -0.2) is 0 Å². The summed E-state index contributed by atoms with van der Waals surface area (Å²) < 4.78 is 16.7. The van der Waals surface area contributed by atoms with Crippen molar-refractivity contribution in [3.05, 3.63) is 33.9 Å². The Morgan fingerprint density at radius 2 is 2.21 bits per heavy atom. The zero-order chi connectivity index (χ0) is 17.5. The molecule has 0 fully saturated rings. The summed E-state index contributed by atoms with van der Waals surface area (Å²) in [5.41, 5.74) is 0.476. The smallest absolute Gasteiger partial charge is 0.251 e. The Balaban J connectivity index is 2.01. The SMILES string of the molecule is CCCOc1c(Br)cc(C(=O)NCCc2nc(C)no2)cc1OC. The first-order chi connectivity index (χ1) is 11.5. The molecule has 2 rings (SSSR count). The van der Waals surface area contributed by atoms with Gasteiger partial charge >= 0.3 is 0 Å². The Hall–Kier alpha value is -2.09. The molecule has 24 heavy (non-hydrogen) atoms. The lowest BCUT2D eigenvalue weighted by molar-refractivity contribution is 0.0953. The number of nitrogens with zero attached hydrogens (tertiary/aromatic N) is 2. The van der Waals surface area contributed by atoms with E-state index in [9.17, 15) is 4.79 Å². The van der Waals surface area contributed by atoms with E-state index >= 15 is 0 Å². The molecule has 7 nitrogen and oxygen atoms in total. The molecule has 0 spiro atoms. The minimum Gasteiger partial charge on any atom is -0.493 e. The maximum Gasteiger partial charge on any atom is 0.251 e. The van der Waals surface area contributed by atoms with E-state index in [2.05, 4.69) is 31.4 Å². The van der Waals surface area contributed by atoms with Gasteiger partial charge in [-0.1, -0.05) is 12.1 Å². The predicted molar refractivity (Wildman–Crippen MR) is 91.6 cm³/mol. The highest BCUT2D eigenvalue weighted by Crippen LogP contribution is 2.36. The van der Waals surface area contributed by atoms with Crippen molar-refractivity contribution in [1.29, 1.82) is 0 Å². The van der Waals surface area contributed by atoms with Gasteiger partial charge in [0.15, 0.2) is 17.3 Å². The van der Waals surface area contributed by atoms with Crippen LogP contribution in [0.3, 0.4) is 0 Å². The third-order valence-corrected chi connectivity index (χ3v) is 3.73. The minimum absolute atomic E-state index is 0.215. The molecular formula is C16H20BrN3O4. The second-order valence-electron chi connectivity index (χ2n) is 5.08. The fraction of sp³-hybridized carbons (Fsp3) is 0.438. The number of carbonyl (C=O) groups is 1. The van der Waals surface area contributed by atoms with Gasteiger partial charge in [-0.05, 0) is 41.4 Å². The van der Waals surface area contributed by atoms with Gasteiger partial charge in [0.05, 0.1) is 18.2 Å². The van der Waals surface area contributed by atoms with Gasteiger partial charge in [-0.15, -0.1) is 0 Å². The molecule has 8 heteroatoms. The molecule has 0 saturated carbocycles. The van der Waals surface area contributed by atoms with E-state index < -0.39 is 0 Å². The van der Waals surface area contributed by atoms with Crippen molar-refractivity contribution < 1.29 is 18.8 Å². The number of methoxy groups -OCH3 is 1. The summed E-state index contributed by atoms with van der Waals surface area (Å²) in [5, 5.41) is 6.52. The molecule has 1 amide bonds. The van der Waals surface area contributed by atoms with Crippen molar-refractivity contribution in [2.45, 2.75) is 26.7 Å². The third kappa shape index (κ3) is 4.70. The van der Waals surface area contributed by atoms with Gasteiger partial charge in [-0.3, -0.25) is 4.79 Å². The van der Waals surface area contributed by atoms with Gasteiger partial charge in [-0.2, -0.15) is 4.98 Å². The van der Waals surface area contributed by atoms with E-state index in [0.29, 0.717) is 52.8 Å². The summed E-state index contributed by atoms with van der Waals surface area (Å²) in [7, 11) is 1.54. The molecule has 1 aromatic heterocycles. The number of halogens is 1. The average Bonchev–Trinajstić information content (AvgIpc) is 2.98. The summed E-state index contributed by atoms with van der Waals surface area (Å²) in [6, 6.07) is 3.36. The monoisotopic (exact) mass is 397 g/mol. The van der Waals surface area contributed by atoms with Crippen molar-refractivity contribution in [1.82, 2.24) is 15.5 Å². The van der Waals surface area contributed by atoms with E-state index in [1.54, 1.807) is 26.2 Å². The van der Waals surface area contributed by atoms with Gasteiger partial charge in [0, 0.05) is 18.5 Å². The summed E-state index contributed by atoms with van der Waals surface area (Å²) in [4.78, 5) is 16.4. The molecular weight excluding hydrogens is 378 g/mol. The molecule has 0 aliphatic rings. The quantitative estimate of drug-likeness (QED) is 0.736. The number of nitrogens with one attached hydrogen (secondary N) is 1. The van der Waals surface area contributed by atoms with Crippen molar-refractivity contribution in [2.24, 2.45) is 0 Å². The van der Waals surface area contributed by atoms with Crippen LogP contribution in [-0.4, -0.2) is 36.3 Å². The molecule has 2 aromatic rings. The van der Waals surface area contributed by atoms with E-state index in [4.69, 9.17) is 14.0 Å². The van der Waals surface area contributed by atoms with E-state index in [-0.39, 0.29) is 5.91 Å². The second kappa shape index (κ2) is 8.68. The molecule has 0 unspecified atom stereocenters. The number of rotatable bonds is 8. The lowest BCUT2D eigenvalue weighted by atomic mass is 10.2. The van der Waals surface area contributed by atoms with Gasteiger partial charge in [0.2, 0.25) is 5.89 Å². The van der Waals surface area contributed by atoms with Crippen LogP contribution in [0.1, 0.15) is 35.4 Å². The maximum absolute atomic E-state index is 12.3. The molecule has 0 atom stereocenters. The number of hydrogen-bond donors (Lipinski definition) is 1. The first-order valence-electron chi connectivity index (χ1n) is 7.62. The highest BCUT2D eigenvalue weighted by Gasteiger charge is 2.15. The standard InChI is InChI=1S/C16H20BrN3O4/c1-4-7-23-15-12(17)8-11(9-13(15)22-3)16(21)18-6-5-14-19-10(2)20-24-14/h8-9H,4-7H2,1-3H3,(H,18,21). The predicted octanol–water partition coefficient (Wildman–Crippen LogP) is 2.91. The summed E-state index contributed by atoms with van der Waals surface area (Å²) in [6.45, 7) is 4.74. The molecule has 0 aliphatic heterocycles. The first kappa shape index (κ1) is 18.3. The number of benzene rings is 1. The van der Waals surface area contributed by atoms with Crippen LogP contribution in [0, 0.1) is 6.92 Å². The molecule has 0 radical (unpaired) electrons. The van der Waals surface area contributed by atoms with Crippen LogP contribution in [0.2, 0.25) is 0 Å². The Labute approximate surface area is 148 Å². The topological polar surface area (TPSA) is 86.5 Å². The van der Waals surface area contributed by atoms with E-state index in [1.807, 2.05) is 6.92 Å². The van der Waals surface area contributed by atoms with Gasteiger partial charge in [0.1, 0.15) is 0 Å². The van der Waals surface area contributed by atoms with Gasteiger partial charge < -0.3 is 19.3 Å². The van der Waals surface area contributed by atoms with Crippen LogP contribution in [0.25, 0.3) is 0 Å². The average molecular weight is 398 g/mol. The molecule has 1 aromatic carbocycles. The molecule has 0 bridgehead atoms. The molecule has 0 aliphatic carbocycles. The van der Waals surface area contributed by atoms with Crippen LogP contribution in [0.4, 0.5) is 0 Å². The zero-order valence-electron chi connectivity index (χ0n) is 13.9. The highest BCUT2D eigenvalue weighted by atomic mass is 79.9. The Kier molecular flexibility index (Phi) is 6.60. The third-order valence-electron chi connectivity index (χ3n) is 3.14. The van der Waals surface area contributed by atoms with Crippen molar-refractivity contribution in [3.63, 3.8) is 0 Å². The van der Waals surface area contributed by atoms with Crippen LogP contribution in [-0.2, 0) is 6.42 Å². The molecule has 1 N–H and O–H groups in total. The van der Waals surface area contributed by atoms with Crippen LogP contribution < -0.4 is 14.8 Å². The number of aryl methyl sites for hydroxylation is 1. The van der Waals surface area contributed by atoms with Crippen LogP contribution in [0.15, 0.2) is 21.1 Å². The Morgan fingerprint density at radius 3 is 2.83 bits per heavy atom. The van der Waals surface area contributed by atoms with E-state index in [0.717, 1.165) is 6.42 Å². The van der Waals surface area contributed by atoms with Crippen molar-refractivity contribution in [2.75, 3.05) is 20.3 Å². The normalized spacial score (nSPS) is 10.5. The number of carbonyl (C=O) groups excluding carboxylic acids is 1. The van der Waals surface area contributed by atoms with Gasteiger partial charge in [0.25, 0.3) is 5.91 Å². The molecule has 0 saturated heterocycles. The summed E-state index contributed by atoms with van der Waals surface area (Å²) in [6.07, 6.45) is 1.36. The van der Waals surface area contributed by atoms with Crippen molar-refractivity contribution in [3.8, 4) is 11.5 Å². The highest BCUT2D eigenvalue weighted by molar-refractivity contribution is 9.10. The fourth-order valence-corrected chi connectivity index (χ4v) is 2.58. The fourth-order valence-electron chi connectivity index (χ4n) is 2.02. The lowest BCUT2D eigenvalue weighted by Crippen LogP contribution is -2.25. The molecule has 130 valence electrons. The largest absolute Gasteiger partial charge is 0.493 e. The maximum atomic E-state index is 12.3. The Bertz CT molecular complexity index is 703. The summed E-state index contributed by atoms with van der Waals surface area (Å²) in [5.74, 6) is 1.96. The number of ether oxygens (including phenoxy) is 2. The number of aromatic nitrogens is 2. The number of hydrogen-bond acceptors (Lipinski definition) is 6. The van der Waals surface area contributed by atoms with E-state index in [1.165, 1.54) is 0 Å². The zero-order valence-corrected chi connectivity index (χ0v) is 15.5. The minimum atomic E-state index is -0.215. The van der Waals surface area contributed by atoms with Crippen LogP contribution in [0.5, 0.6) is 11.5 Å². The summed E-state index contributed by atoms with van der Waals surface area (Å²) >= 11 is 3.43. The van der Waals surface area contributed by atoms with Crippen LogP contribution >= 0.6 is 15.9 Å². The number of amides is 1. The first-order valence-corrected chi connectivity index (χ1v) is 8.42. The second-order valence-corrected chi connectivity index (χ2v) is 5.93. The molecule has 1 heterocycles. The lowest BCUT2D eigenvalue weighted by Gasteiger charge is -2.14. The Morgan fingerprint density at radius 1 is 1.42 bits per heavy atom. The van der Waals surface area contributed by atoms with Crippen molar-refractivity contribution >= 4 is 21.8 Å².